The molecule has 0 aliphatic heterocycles. The van der Waals surface area contributed by atoms with Crippen LogP contribution in [0.3, 0.4) is 0 Å². The standard InChI is InChI=1S/C35H21F5N4O.Pt/c1-18-13-14-41-28(15-18)43-26-10-5-4-9-24(26)25-12-11-23(17-27(25)43)45-22-8-6-7-21(16-22)44-20(3)29(19(2)42-44)30-31(36)33(38)35(40)34(39)32(30)37;/h4-15H,1-3H3;/q-2;+2. The van der Waals surface area contributed by atoms with Crippen LogP contribution in [-0.2, 0) is 21.1 Å². The zero-order valence-electron chi connectivity index (χ0n) is 24.3. The monoisotopic (exact) mass is 803 g/mol. The van der Waals surface area contributed by atoms with E-state index in [0.717, 1.165) is 33.2 Å². The third kappa shape index (κ3) is 4.97. The number of rotatable bonds is 5. The van der Waals surface area contributed by atoms with Crippen molar-refractivity contribution in [3.8, 4) is 34.1 Å². The molecule has 3 aromatic heterocycles. The van der Waals surface area contributed by atoms with E-state index in [2.05, 4.69) is 22.2 Å². The van der Waals surface area contributed by atoms with Crippen LogP contribution >= 0.6 is 0 Å². The van der Waals surface area contributed by atoms with Gasteiger partial charge in [0.05, 0.1) is 11.3 Å². The molecule has 0 saturated carbocycles. The summed E-state index contributed by atoms with van der Waals surface area (Å²) < 4.78 is 80.6. The third-order valence-corrected chi connectivity index (χ3v) is 7.64. The number of aromatic nitrogens is 4. The number of para-hydroxylation sites is 1. The molecule has 0 saturated heterocycles. The summed E-state index contributed by atoms with van der Waals surface area (Å²) >= 11 is 0. The van der Waals surface area contributed by atoms with Gasteiger partial charge in [-0.1, -0.05) is 23.7 Å². The Kier molecular flexibility index (Phi) is 8.02. The molecule has 7 aromatic rings. The maximum absolute atomic E-state index is 14.7. The number of nitrogens with zero attached hydrogens (tertiary/aromatic N) is 4. The molecule has 3 heterocycles. The van der Waals surface area contributed by atoms with Crippen LogP contribution in [0.25, 0.3) is 44.4 Å². The summed E-state index contributed by atoms with van der Waals surface area (Å²) in [6.07, 6.45) is 1.75. The Morgan fingerprint density at radius 2 is 1.39 bits per heavy atom. The van der Waals surface area contributed by atoms with E-state index in [1.807, 2.05) is 54.0 Å². The molecule has 0 aliphatic rings. The number of hydrogen-bond acceptors (Lipinski definition) is 3. The van der Waals surface area contributed by atoms with Gasteiger partial charge in [-0.05, 0) is 55.6 Å². The van der Waals surface area contributed by atoms with Crippen molar-refractivity contribution >= 4 is 21.8 Å². The van der Waals surface area contributed by atoms with Crippen LogP contribution < -0.4 is 4.74 Å². The summed E-state index contributed by atoms with van der Waals surface area (Å²) in [5.74, 6) is -8.72. The number of hydrogen-bond donors (Lipinski definition) is 0. The molecule has 11 heteroatoms. The van der Waals surface area contributed by atoms with Crippen molar-refractivity contribution in [3.63, 3.8) is 0 Å². The predicted octanol–water partition coefficient (Wildman–Crippen LogP) is 9.04. The smallest absolute Gasteiger partial charge is 0.509 e. The second-order valence-electron chi connectivity index (χ2n) is 10.5. The fourth-order valence-electron chi connectivity index (χ4n) is 5.62. The van der Waals surface area contributed by atoms with Gasteiger partial charge in [0, 0.05) is 34.5 Å². The zero-order chi connectivity index (χ0) is 31.6. The third-order valence-electron chi connectivity index (χ3n) is 7.64. The predicted molar refractivity (Wildman–Crippen MR) is 159 cm³/mol. The second kappa shape index (κ2) is 11.8. The first-order chi connectivity index (χ1) is 21.6. The van der Waals surface area contributed by atoms with Crippen LogP contribution in [0.1, 0.15) is 17.0 Å². The van der Waals surface area contributed by atoms with Gasteiger partial charge in [-0.15, -0.1) is 35.7 Å². The summed E-state index contributed by atoms with van der Waals surface area (Å²) in [4.78, 5) is 4.58. The average Bonchev–Trinajstić information content (AvgIpc) is 3.52. The summed E-state index contributed by atoms with van der Waals surface area (Å²) in [5, 5.41) is 6.32. The molecular weight excluding hydrogens is 782 g/mol. The average molecular weight is 804 g/mol. The molecule has 0 aliphatic carbocycles. The second-order valence-corrected chi connectivity index (χ2v) is 10.5. The number of ether oxygens (including phenoxy) is 1. The molecule has 0 amide bonds. The number of fused-ring (bicyclic) bond motifs is 3. The number of aryl methyl sites for hydroxylation is 2. The molecule has 232 valence electrons. The maximum Gasteiger partial charge on any atom is 2.00 e. The molecule has 0 fully saturated rings. The van der Waals surface area contributed by atoms with Crippen LogP contribution in [-0.4, -0.2) is 19.3 Å². The zero-order valence-corrected chi connectivity index (χ0v) is 26.6. The molecule has 0 atom stereocenters. The van der Waals surface area contributed by atoms with Gasteiger partial charge in [-0.3, -0.25) is 4.68 Å². The quantitative estimate of drug-likeness (QED) is 0.0756. The van der Waals surface area contributed by atoms with E-state index in [-0.39, 0.29) is 43.8 Å². The molecular formula is C35H21F5N4OPt. The van der Waals surface area contributed by atoms with Gasteiger partial charge < -0.3 is 9.30 Å². The van der Waals surface area contributed by atoms with Crippen LogP contribution in [0.5, 0.6) is 11.5 Å². The van der Waals surface area contributed by atoms with E-state index in [1.165, 1.54) is 18.5 Å². The van der Waals surface area contributed by atoms with Crippen molar-refractivity contribution in [2.45, 2.75) is 20.8 Å². The Hall–Kier alpha value is -4.82. The molecule has 0 N–H and O–H groups in total. The Bertz CT molecular complexity index is 2280. The van der Waals surface area contributed by atoms with Crippen LogP contribution in [0.15, 0.2) is 72.9 Å². The Balaban J connectivity index is 0.00000372. The van der Waals surface area contributed by atoms with Gasteiger partial charge in [0.15, 0.2) is 23.3 Å². The van der Waals surface area contributed by atoms with E-state index in [4.69, 9.17) is 4.74 Å². The van der Waals surface area contributed by atoms with Crippen LogP contribution in [0.2, 0.25) is 0 Å². The van der Waals surface area contributed by atoms with Crippen molar-refractivity contribution in [1.29, 1.82) is 0 Å². The molecule has 7 rings (SSSR count). The van der Waals surface area contributed by atoms with Crippen molar-refractivity contribution < 1.29 is 47.8 Å². The molecule has 46 heavy (non-hydrogen) atoms. The molecule has 0 unspecified atom stereocenters. The van der Waals surface area contributed by atoms with E-state index >= 15 is 0 Å². The van der Waals surface area contributed by atoms with Gasteiger partial charge in [0.1, 0.15) is 5.82 Å². The van der Waals surface area contributed by atoms with Gasteiger partial charge in [0.2, 0.25) is 5.82 Å². The van der Waals surface area contributed by atoms with E-state index in [0.29, 0.717) is 11.4 Å². The molecule has 4 aromatic carbocycles. The molecule has 5 nitrogen and oxygen atoms in total. The first kappa shape index (κ1) is 31.2. The number of pyridine rings is 1. The van der Waals surface area contributed by atoms with Crippen molar-refractivity contribution in [2.75, 3.05) is 0 Å². The van der Waals surface area contributed by atoms with Crippen LogP contribution in [0, 0.1) is 62.0 Å². The van der Waals surface area contributed by atoms with Gasteiger partial charge in [-0.2, -0.15) is 17.2 Å². The van der Waals surface area contributed by atoms with Crippen molar-refractivity contribution in [3.05, 3.63) is 131 Å². The maximum atomic E-state index is 14.7. The SMILES string of the molecule is Cc1ccnc(-n2c3[c-]c(Oc4[c-]c(-n5nc(C)c(-c6c(F)c(F)c(F)c(F)c6F)c5C)ccc4)ccc3c3ccccc32)c1.[Pt+2]. The van der Waals surface area contributed by atoms with Gasteiger partial charge in [-0.25, -0.2) is 26.9 Å². The number of halogens is 5. The normalized spacial score (nSPS) is 11.3. The van der Waals surface area contributed by atoms with E-state index in [1.54, 1.807) is 30.5 Å². The van der Waals surface area contributed by atoms with Gasteiger partial charge in [0.25, 0.3) is 0 Å². The molecule has 0 radical (unpaired) electrons. The fraction of sp³-hybridized carbons (Fsp3) is 0.0857. The summed E-state index contributed by atoms with van der Waals surface area (Å²) in [5.41, 5.74) is 2.05. The molecule has 0 bridgehead atoms. The topological polar surface area (TPSA) is 44.9 Å². The summed E-state index contributed by atoms with van der Waals surface area (Å²) in [7, 11) is 0. The minimum atomic E-state index is -2.22. The Morgan fingerprint density at radius 1 is 0.696 bits per heavy atom. The van der Waals surface area contributed by atoms with Crippen LogP contribution in [0.4, 0.5) is 22.0 Å². The molecule has 0 spiro atoms. The van der Waals surface area contributed by atoms with Crippen molar-refractivity contribution in [2.24, 2.45) is 0 Å². The fourth-order valence-corrected chi connectivity index (χ4v) is 5.62. The Morgan fingerprint density at radius 3 is 2.13 bits per heavy atom. The van der Waals surface area contributed by atoms with E-state index in [9.17, 15) is 22.0 Å². The first-order valence-corrected chi connectivity index (χ1v) is 13.8. The summed E-state index contributed by atoms with van der Waals surface area (Å²) in [6.45, 7) is 4.88. The van der Waals surface area contributed by atoms with Crippen molar-refractivity contribution in [1.82, 2.24) is 19.3 Å². The minimum absolute atomic E-state index is 0. The Labute approximate surface area is 274 Å². The largest absolute Gasteiger partial charge is 2.00 e. The number of benzene rings is 4. The first-order valence-electron chi connectivity index (χ1n) is 13.8. The van der Waals surface area contributed by atoms with Gasteiger partial charge >= 0.3 is 21.1 Å². The summed E-state index contributed by atoms with van der Waals surface area (Å²) in [6, 6.07) is 27.0. The van der Waals surface area contributed by atoms with E-state index < -0.39 is 34.6 Å². The minimum Gasteiger partial charge on any atom is -0.509 e.